The van der Waals surface area contributed by atoms with Crippen molar-refractivity contribution in [3.8, 4) is 11.8 Å². The fourth-order valence-electron chi connectivity index (χ4n) is 1.54. The van der Waals surface area contributed by atoms with Gasteiger partial charge in [0, 0.05) is 11.6 Å². The van der Waals surface area contributed by atoms with E-state index in [-0.39, 0.29) is 12.3 Å². The van der Waals surface area contributed by atoms with Gasteiger partial charge in [-0.1, -0.05) is 18.5 Å². The molecule has 0 unspecified atom stereocenters. The van der Waals surface area contributed by atoms with Gasteiger partial charge in [0.2, 0.25) is 17.5 Å². The molecule has 1 aromatic carbocycles. The van der Waals surface area contributed by atoms with Crippen LogP contribution in [0.3, 0.4) is 0 Å². The molecule has 2 rings (SSSR count). The number of nitriles is 1. The number of oxazole rings is 1. The van der Waals surface area contributed by atoms with E-state index in [2.05, 4.69) is 10.3 Å². The predicted octanol–water partition coefficient (Wildman–Crippen LogP) is 3.60. The van der Waals surface area contributed by atoms with Crippen LogP contribution < -0.4 is 10.1 Å². The average molecular weight is 292 g/mol. The van der Waals surface area contributed by atoms with Gasteiger partial charge in [0.05, 0.1) is 0 Å². The summed E-state index contributed by atoms with van der Waals surface area (Å²) in [6, 6.07) is 8.98. The predicted molar refractivity (Wildman–Crippen MR) is 75.8 cm³/mol. The third-order valence-electron chi connectivity index (χ3n) is 2.49. The lowest BCUT2D eigenvalue weighted by Crippen LogP contribution is -1.99. The Labute approximate surface area is 122 Å². The molecule has 0 radical (unpaired) electrons. The molecule has 0 saturated carbocycles. The molecular formula is C14H14ClN3O2. The zero-order valence-corrected chi connectivity index (χ0v) is 11.8. The second-order valence-corrected chi connectivity index (χ2v) is 4.50. The summed E-state index contributed by atoms with van der Waals surface area (Å²) in [5, 5.41) is 12.6. The standard InChI is InChI=1S/C14H14ClN3O2/c1-2-7-17-14-12(8-16)18-13(20-14)9-19-11-5-3-10(15)4-6-11/h3-6,17H,2,7,9H2,1H3. The van der Waals surface area contributed by atoms with Gasteiger partial charge in [-0.2, -0.15) is 10.2 Å². The summed E-state index contributed by atoms with van der Waals surface area (Å²) in [6.45, 7) is 2.91. The first-order chi connectivity index (χ1) is 9.72. The largest absolute Gasteiger partial charge is 0.484 e. The highest BCUT2D eigenvalue weighted by atomic mass is 35.5. The molecule has 0 fully saturated rings. The van der Waals surface area contributed by atoms with E-state index in [4.69, 9.17) is 26.0 Å². The fraction of sp³-hybridized carbons (Fsp3) is 0.286. The van der Waals surface area contributed by atoms with Gasteiger partial charge in [-0.25, -0.2) is 0 Å². The fourth-order valence-corrected chi connectivity index (χ4v) is 1.66. The number of aromatic nitrogens is 1. The Balaban J connectivity index is 2.01. The number of rotatable bonds is 6. The lowest BCUT2D eigenvalue weighted by molar-refractivity contribution is 0.265. The van der Waals surface area contributed by atoms with Gasteiger partial charge < -0.3 is 14.5 Å². The van der Waals surface area contributed by atoms with Crippen molar-refractivity contribution in [1.82, 2.24) is 4.98 Å². The van der Waals surface area contributed by atoms with Crippen molar-refractivity contribution in [2.24, 2.45) is 0 Å². The van der Waals surface area contributed by atoms with Crippen molar-refractivity contribution in [1.29, 1.82) is 5.26 Å². The molecule has 0 atom stereocenters. The minimum Gasteiger partial charge on any atom is -0.484 e. The third kappa shape index (κ3) is 3.65. The average Bonchev–Trinajstić information content (AvgIpc) is 2.87. The molecule has 0 amide bonds. The topological polar surface area (TPSA) is 71.1 Å². The molecule has 0 spiro atoms. The van der Waals surface area contributed by atoms with Crippen LogP contribution in [0.15, 0.2) is 28.7 Å². The maximum atomic E-state index is 8.98. The molecule has 1 N–H and O–H groups in total. The minimum absolute atomic E-state index is 0.157. The van der Waals surface area contributed by atoms with Crippen LogP contribution in [0.2, 0.25) is 5.02 Å². The van der Waals surface area contributed by atoms with Crippen LogP contribution in [0.4, 0.5) is 5.88 Å². The van der Waals surface area contributed by atoms with Crippen LogP contribution >= 0.6 is 11.6 Å². The number of ether oxygens (including phenoxy) is 1. The normalized spacial score (nSPS) is 10.1. The van der Waals surface area contributed by atoms with E-state index in [0.29, 0.717) is 22.5 Å². The molecule has 1 aromatic heterocycles. The van der Waals surface area contributed by atoms with Crippen molar-refractivity contribution < 1.29 is 9.15 Å². The van der Waals surface area contributed by atoms with Gasteiger partial charge in [0.1, 0.15) is 11.8 Å². The molecule has 0 bridgehead atoms. The summed E-state index contributed by atoms with van der Waals surface area (Å²) in [7, 11) is 0. The lowest BCUT2D eigenvalue weighted by Gasteiger charge is -2.03. The monoisotopic (exact) mass is 291 g/mol. The molecule has 0 aliphatic rings. The van der Waals surface area contributed by atoms with E-state index in [1.54, 1.807) is 24.3 Å². The van der Waals surface area contributed by atoms with Crippen molar-refractivity contribution in [3.05, 3.63) is 40.9 Å². The molecule has 6 heteroatoms. The zero-order chi connectivity index (χ0) is 14.4. The second-order valence-electron chi connectivity index (χ2n) is 4.07. The van der Waals surface area contributed by atoms with E-state index in [1.807, 2.05) is 13.0 Å². The smallest absolute Gasteiger partial charge is 0.236 e. The summed E-state index contributed by atoms with van der Waals surface area (Å²) in [5.74, 6) is 1.41. The van der Waals surface area contributed by atoms with Crippen LogP contribution in [0.25, 0.3) is 0 Å². The summed E-state index contributed by atoms with van der Waals surface area (Å²) in [6.07, 6.45) is 0.933. The summed E-state index contributed by atoms with van der Waals surface area (Å²) < 4.78 is 11.0. The number of hydrogen-bond acceptors (Lipinski definition) is 5. The number of anilines is 1. The minimum atomic E-state index is 0.157. The number of nitrogens with one attached hydrogen (secondary N) is 1. The molecule has 1 heterocycles. The molecule has 0 aliphatic carbocycles. The van der Waals surface area contributed by atoms with E-state index >= 15 is 0 Å². The first kappa shape index (κ1) is 14.2. The van der Waals surface area contributed by atoms with Gasteiger partial charge in [-0.3, -0.25) is 0 Å². The van der Waals surface area contributed by atoms with E-state index in [1.165, 1.54) is 0 Å². The Morgan fingerprint density at radius 3 is 2.80 bits per heavy atom. The van der Waals surface area contributed by atoms with Crippen molar-refractivity contribution >= 4 is 17.5 Å². The van der Waals surface area contributed by atoms with Gasteiger partial charge >= 0.3 is 0 Å². The van der Waals surface area contributed by atoms with Crippen LogP contribution in [0, 0.1) is 11.3 Å². The van der Waals surface area contributed by atoms with Crippen LogP contribution in [-0.2, 0) is 6.61 Å². The quantitative estimate of drug-likeness (QED) is 0.880. The SMILES string of the molecule is CCCNc1oc(COc2ccc(Cl)cc2)nc1C#N. The molecule has 0 aliphatic heterocycles. The Hall–Kier alpha value is -2.19. The lowest BCUT2D eigenvalue weighted by atomic mass is 10.3. The molecule has 5 nitrogen and oxygen atoms in total. The van der Waals surface area contributed by atoms with Crippen LogP contribution in [0.1, 0.15) is 24.9 Å². The van der Waals surface area contributed by atoms with Gasteiger partial charge in [0.15, 0.2) is 6.61 Å². The summed E-state index contributed by atoms with van der Waals surface area (Å²) in [4.78, 5) is 4.07. The van der Waals surface area contributed by atoms with Gasteiger partial charge in [-0.15, -0.1) is 0 Å². The van der Waals surface area contributed by atoms with Crippen molar-refractivity contribution in [2.45, 2.75) is 20.0 Å². The van der Waals surface area contributed by atoms with Gasteiger partial charge in [-0.05, 0) is 30.7 Å². The van der Waals surface area contributed by atoms with Gasteiger partial charge in [0.25, 0.3) is 0 Å². The molecule has 0 saturated heterocycles. The molecule has 2 aromatic rings. The van der Waals surface area contributed by atoms with Crippen LogP contribution in [-0.4, -0.2) is 11.5 Å². The maximum Gasteiger partial charge on any atom is 0.236 e. The first-order valence-corrected chi connectivity index (χ1v) is 6.62. The zero-order valence-electron chi connectivity index (χ0n) is 11.0. The van der Waals surface area contributed by atoms with E-state index in [9.17, 15) is 0 Å². The highest BCUT2D eigenvalue weighted by Gasteiger charge is 2.12. The van der Waals surface area contributed by atoms with Crippen molar-refractivity contribution in [2.75, 3.05) is 11.9 Å². The van der Waals surface area contributed by atoms with E-state index in [0.717, 1.165) is 13.0 Å². The second kappa shape index (κ2) is 6.83. The molecular weight excluding hydrogens is 278 g/mol. The highest BCUT2D eigenvalue weighted by molar-refractivity contribution is 6.30. The first-order valence-electron chi connectivity index (χ1n) is 6.25. The number of hydrogen-bond donors (Lipinski definition) is 1. The Kier molecular flexibility index (Phi) is 4.85. The third-order valence-corrected chi connectivity index (χ3v) is 2.74. The number of halogens is 1. The summed E-state index contributed by atoms with van der Waals surface area (Å²) in [5.41, 5.74) is 0.244. The van der Waals surface area contributed by atoms with Crippen LogP contribution in [0.5, 0.6) is 5.75 Å². The molecule has 104 valence electrons. The Morgan fingerprint density at radius 1 is 1.40 bits per heavy atom. The maximum absolute atomic E-state index is 8.98. The number of nitrogens with zero attached hydrogens (tertiary/aromatic N) is 2. The Bertz CT molecular complexity index is 602. The number of benzene rings is 1. The van der Waals surface area contributed by atoms with Crippen molar-refractivity contribution in [3.63, 3.8) is 0 Å². The van der Waals surface area contributed by atoms with E-state index < -0.39 is 0 Å². The highest BCUT2D eigenvalue weighted by Crippen LogP contribution is 2.20. The summed E-state index contributed by atoms with van der Waals surface area (Å²) >= 11 is 5.79. The Morgan fingerprint density at radius 2 is 2.15 bits per heavy atom. The molecule has 20 heavy (non-hydrogen) atoms.